The van der Waals surface area contributed by atoms with Gasteiger partial charge in [-0.2, -0.15) is 0 Å². The van der Waals surface area contributed by atoms with Gasteiger partial charge >= 0.3 is 0 Å². The number of nitrogens with one attached hydrogen (secondary N) is 2. The molecule has 0 fully saturated rings. The second kappa shape index (κ2) is 4.14. The number of benzene rings is 1. The molecule has 0 radical (unpaired) electrons. The van der Waals surface area contributed by atoms with Gasteiger partial charge < -0.3 is 10.3 Å². The summed E-state index contributed by atoms with van der Waals surface area (Å²) in [5.41, 5.74) is 3.00. The predicted octanol–water partition coefficient (Wildman–Crippen LogP) is 3.41. The highest BCUT2D eigenvalue weighted by atomic mass is 19.1. The standard InChI is InChI=1S/C14H12FN3/c1-16-12-5-3-2-4-9(12)13-10-6-7-17-14(10)18-8-11(13)15/h2-8,16H,1H3,(H,17,18). The lowest BCUT2D eigenvalue weighted by atomic mass is 10.0. The Hall–Kier alpha value is -2.36. The number of hydrogen-bond donors (Lipinski definition) is 2. The average molecular weight is 241 g/mol. The van der Waals surface area contributed by atoms with E-state index in [0.717, 1.165) is 16.6 Å². The molecular formula is C14H12FN3. The van der Waals surface area contributed by atoms with E-state index in [0.29, 0.717) is 11.2 Å². The molecule has 0 atom stereocenters. The molecule has 3 rings (SSSR count). The molecule has 0 bridgehead atoms. The van der Waals surface area contributed by atoms with Crippen LogP contribution in [0.2, 0.25) is 0 Å². The molecule has 0 aliphatic carbocycles. The molecule has 0 unspecified atom stereocenters. The van der Waals surface area contributed by atoms with Gasteiger partial charge in [0.1, 0.15) is 11.5 Å². The fraction of sp³-hybridized carbons (Fsp3) is 0.0714. The van der Waals surface area contributed by atoms with Gasteiger partial charge in [-0.1, -0.05) is 18.2 Å². The van der Waals surface area contributed by atoms with Crippen LogP contribution in [0.4, 0.5) is 10.1 Å². The van der Waals surface area contributed by atoms with E-state index in [-0.39, 0.29) is 5.82 Å². The number of aromatic nitrogens is 2. The molecule has 0 spiro atoms. The van der Waals surface area contributed by atoms with E-state index in [1.807, 2.05) is 37.4 Å². The third kappa shape index (κ3) is 1.54. The summed E-state index contributed by atoms with van der Waals surface area (Å²) in [6.45, 7) is 0. The fourth-order valence-electron chi connectivity index (χ4n) is 2.18. The number of nitrogens with zero attached hydrogens (tertiary/aromatic N) is 1. The van der Waals surface area contributed by atoms with E-state index in [1.54, 1.807) is 6.20 Å². The van der Waals surface area contributed by atoms with Gasteiger partial charge in [-0.3, -0.25) is 0 Å². The number of halogens is 1. The fourth-order valence-corrected chi connectivity index (χ4v) is 2.18. The number of rotatable bonds is 2. The van der Waals surface area contributed by atoms with Crippen LogP contribution in [0.5, 0.6) is 0 Å². The first-order chi connectivity index (χ1) is 8.81. The molecule has 0 saturated carbocycles. The molecule has 3 nitrogen and oxygen atoms in total. The van der Waals surface area contributed by atoms with E-state index < -0.39 is 0 Å². The van der Waals surface area contributed by atoms with Gasteiger partial charge in [0.25, 0.3) is 0 Å². The lowest BCUT2D eigenvalue weighted by molar-refractivity contribution is 0.627. The Labute approximate surface area is 104 Å². The Morgan fingerprint density at radius 1 is 1.22 bits per heavy atom. The summed E-state index contributed by atoms with van der Waals surface area (Å²) in [5.74, 6) is -0.315. The number of aromatic amines is 1. The van der Waals surface area contributed by atoms with Crippen LogP contribution >= 0.6 is 0 Å². The van der Waals surface area contributed by atoms with Crippen molar-refractivity contribution in [1.82, 2.24) is 9.97 Å². The molecule has 2 N–H and O–H groups in total. The summed E-state index contributed by atoms with van der Waals surface area (Å²) in [4.78, 5) is 7.03. The lowest BCUT2D eigenvalue weighted by Gasteiger charge is -2.10. The zero-order valence-electron chi connectivity index (χ0n) is 9.87. The summed E-state index contributed by atoms with van der Waals surface area (Å²) in [5, 5.41) is 3.87. The van der Waals surface area contributed by atoms with Crippen molar-refractivity contribution in [2.24, 2.45) is 0 Å². The first-order valence-electron chi connectivity index (χ1n) is 5.70. The Morgan fingerprint density at radius 2 is 2.06 bits per heavy atom. The maximum Gasteiger partial charge on any atom is 0.150 e. The summed E-state index contributed by atoms with van der Waals surface area (Å²) < 4.78 is 14.1. The van der Waals surface area contributed by atoms with Crippen LogP contribution in [0.15, 0.2) is 42.7 Å². The molecule has 4 heteroatoms. The van der Waals surface area contributed by atoms with Gasteiger partial charge in [-0.05, 0) is 12.1 Å². The maximum absolute atomic E-state index is 14.1. The third-order valence-corrected chi connectivity index (χ3v) is 3.01. The number of para-hydroxylation sites is 1. The Kier molecular flexibility index (Phi) is 2.48. The van der Waals surface area contributed by atoms with Gasteiger partial charge in [-0.25, -0.2) is 9.37 Å². The topological polar surface area (TPSA) is 40.7 Å². The first kappa shape index (κ1) is 10.8. The van der Waals surface area contributed by atoms with Crippen molar-refractivity contribution in [3.05, 3.63) is 48.5 Å². The smallest absolute Gasteiger partial charge is 0.150 e. The SMILES string of the molecule is CNc1ccccc1-c1c(F)cnc2[nH]ccc12. The van der Waals surface area contributed by atoms with Crippen molar-refractivity contribution < 1.29 is 4.39 Å². The number of pyridine rings is 1. The van der Waals surface area contributed by atoms with Crippen LogP contribution in [0, 0.1) is 5.82 Å². The molecule has 2 aromatic heterocycles. The zero-order chi connectivity index (χ0) is 12.5. The quantitative estimate of drug-likeness (QED) is 0.721. The number of hydrogen-bond acceptors (Lipinski definition) is 2. The van der Waals surface area contributed by atoms with Crippen molar-refractivity contribution in [2.75, 3.05) is 12.4 Å². The first-order valence-corrected chi connectivity index (χ1v) is 5.70. The molecule has 90 valence electrons. The van der Waals surface area contributed by atoms with Crippen molar-refractivity contribution in [1.29, 1.82) is 0 Å². The van der Waals surface area contributed by atoms with Crippen LogP contribution < -0.4 is 5.32 Å². The molecule has 1 aromatic carbocycles. The Bertz CT molecular complexity index is 703. The maximum atomic E-state index is 14.1. The second-order valence-corrected chi connectivity index (χ2v) is 4.02. The van der Waals surface area contributed by atoms with Crippen LogP contribution in [0.1, 0.15) is 0 Å². The zero-order valence-corrected chi connectivity index (χ0v) is 9.87. The van der Waals surface area contributed by atoms with E-state index in [1.165, 1.54) is 6.20 Å². The van der Waals surface area contributed by atoms with E-state index in [2.05, 4.69) is 15.3 Å². The van der Waals surface area contributed by atoms with Gasteiger partial charge in [0, 0.05) is 35.4 Å². The van der Waals surface area contributed by atoms with Gasteiger partial charge in [-0.15, -0.1) is 0 Å². The molecule has 0 aliphatic heterocycles. The van der Waals surface area contributed by atoms with Crippen molar-refractivity contribution in [3.8, 4) is 11.1 Å². The molecule has 2 heterocycles. The van der Waals surface area contributed by atoms with Crippen molar-refractivity contribution >= 4 is 16.7 Å². The van der Waals surface area contributed by atoms with Crippen LogP contribution in [0.3, 0.4) is 0 Å². The molecule has 0 amide bonds. The number of anilines is 1. The average Bonchev–Trinajstić information content (AvgIpc) is 2.87. The summed E-state index contributed by atoms with van der Waals surface area (Å²) in [7, 11) is 1.83. The number of H-pyrrole nitrogens is 1. The van der Waals surface area contributed by atoms with Crippen LogP contribution in [-0.2, 0) is 0 Å². The van der Waals surface area contributed by atoms with Gasteiger partial charge in [0.05, 0.1) is 6.20 Å². The molecule has 0 saturated heterocycles. The van der Waals surface area contributed by atoms with Gasteiger partial charge in [0.15, 0.2) is 0 Å². The minimum atomic E-state index is -0.315. The Morgan fingerprint density at radius 3 is 2.89 bits per heavy atom. The lowest BCUT2D eigenvalue weighted by Crippen LogP contribution is -1.94. The highest BCUT2D eigenvalue weighted by molar-refractivity contribution is 5.96. The van der Waals surface area contributed by atoms with E-state index >= 15 is 0 Å². The van der Waals surface area contributed by atoms with E-state index in [4.69, 9.17) is 0 Å². The predicted molar refractivity (Wildman–Crippen MR) is 71.0 cm³/mol. The minimum Gasteiger partial charge on any atom is -0.388 e. The molecule has 0 aliphatic rings. The van der Waals surface area contributed by atoms with Crippen LogP contribution in [0.25, 0.3) is 22.2 Å². The number of fused-ring (bicyclic) bond motifs is 1. The molecular weight excluding hydrogens is 229 g/mol. The third-order valence-electron chi connectivity index (χ3n) is 3.01. The summed E-state index contributed by atoms with van der Waals surface area (Å²) >= 11 is 0. The highest BCUT2D eigenvalue weighted by Crippen LogP contribution is 2.34. The monoisotopic (exact) mass is 241 g/mol. The molecule has 18 heavy (non-hydrogen) atoms. The summed E-state index contributed by atoms with van der Waals surface area (Å²) in [6.07, 6.45) is 3.02. The largest absolute Gasteiger partial charge is 0.388 e. The Balaban J connectivity index is 2.37. The normalized spacial score (nSPS) is 10.8. The minimum absolute atomic E-state index is 0.315. The van der Waals surface area contributed by atoms with Gasteiger partial charge in [0.2, 0.25) is 0 Å². The van der Waals surface area contributed by atoms with Crippen LogP contribution in [-0.4, -0.2) is 17.0 Å². The van der Waals surface area contributed by atoms with Crippen molar-refractivity contribution in [2.45, 2.75) is 0 Å². The van der Waals surface area contributed by atoms with E-state index in [9.17, 15) is 4.39 Å². The molecule has 3 aromatic rings. The second-order valence-electron chi connectivity index (χ2n) is 4.02. The summed E-state index contributed by atoms with van der Waals surface area (Å²) in [6, 6.07) is 9.48. The van der Waals surface area contributed by atoms with Crippen molar-refractivity contribution in [3.63, 3.8) is 0 Å². The highest BCUT2D eigenvalue weighted by Gasteiger charge is 2.14.